The number of aromatic hydroxyl groups is 1. The Kier molecular flexibility index (Phi) is 11.0. The number of anilines is 1. The van der Waals surface area contributed by atoms with Crippen molar-refractivity contribution in [1.82, 2.24) is 15.1 Å². The van der Waals surface area contributed by atoms with Gasteiger partial charge in [0.1, 0.15) is 17.5 Å². The molecule has 2 fully saturated rings. The summed E-state index contributed by atoms with van der Waals surface area (Å²) in [7, 11) is 0. The van der Waals surface area contributed by atoms with E-state index in [0.717, 1.165) is 116 Å². The van der Waals surface area contributed by atoms with Gasteiger partial charge in [-0.1, -0.05) is 36.9 Å². The number of amides is 3. The van der Waals surface area contributed by atoms with Crippen molar-refractivity contribution in [2.45, 2.75) is 69.0 Å². The number of benzene rings is 4. The maximum atomic E-state index is 13.4. The molecule has 4 aliphatic rings. The number of phenolic OH excluding ortho intramolecular Hbond substituents is 1. The molecule has 0 aromatic heterocycles. The summed E-state index contributed by atoms with van der Waals surface area (Å²) in [6, 6.07) is 23.5. The van der Waals surface area contributed by atoms with Gasteiger partial charge >= 0.3 is 6.18 Å². The highest BCUT2D eigenvalue weighted by molar-refractivity contribution is 6.23. The highest BCUT2D eigenvalue weighted by Crippen LogP contribution is 2.48. The second-order valence-electron chi connectivity index (χ2n) is 15.8. The number of halogens is 3. The minimum atomic E-state index is -4.39. The quantitative estimate of drug-likeness (QED) is 0.117. The molecule has 3 heterocycles. The van der Waals surface area contributed by atoms with Crippen molar-refractivity contribution in [3.8, 4) is 11.5 Å². The number of unbranched alkanes of at least 4 members (excludes halogenated alkanes) is 2. The van der Waals surface area contributed by atoms with Crippen LogP contribution in [0.4, 0.5) is 18.9 Å². The lowest BCUT2D eigenvalue weighted by atomic mass is 9.69. The minimum absolute atomic E-state index is 0.0375. The monoisotopic (exact) mass is 792 g/mol. The predicted molar refractivity (Wildman–Crippen MR) is 214 cm³/mol. The number of nitrogens with zero attached hydrogens (tertiary/aromatic N) is 3. The van der Waals surface area contributed by atoms with E-state index in [1.807, 2.05) is 36.4 Å². The van der Waals surface area contributed by atoms with E-state index in [1.54, 1.807) is 36.4 Å². The maximum Gasteiger partial charge on any atom is 0.416 e. The Balaban J connectivity index is 0.816. The smallest absolute Gasteiger partial charge is 0.416 e. The van der Waals surface area contributed by atoms with Crippen LogP contribution in [0.25, 0.3) is 0 Å². The molecule has 3 atom stereocenters. The molecule has 2 saturated heterocycles. The van der Waals surface area contributed by atoms with Gasteiger partial charge in [0.2, 0.25) is 5.91 Å². The Morgan fingerprint density at radius 2 is 1.57 bits per heavy atom. The molecule has 0 spiro atoms. The standard InChI is InChI=1S/C46H47F3N4O5/c1-29-8-19-41(43(55)50-29)53-44(56)39-17-14-34(28-40(39)45(53)57)52-23-21-51(22-24-52)20-3-2-4-25-58-36-7-5-6-32(27-36)42-37(16-11-31-26-35(54)15-18-38(31)42)30-9-12-33(13-10-30)46(47,48)49/h5-7,9-10,12-15,17-18,26-28,37,41-42,54H,1-4,8,11,16,19-25H2,(H,50,55)/t37-,41?,42+/m1/s1. The Labute approximate surface area is 336 Å². The van der Waals surface area contributed by atoms with Crippen molar-refractivity contribution in [1.29, 1.82) is 0 Å². The van der Waals surface area contributed by atoms with Crippen LogP contribution in [-0.4, -0.2) is 78.0 Å². The number of aryl methyl sites for hydroxylation is 1. The van der Waals surface area contributed by atoms with Crippen LogP contribution < -0.4 is 15.0 Å². The number of carbonyl (C=O) groups is 3. The van der Waals surface area contributed by atoms with E-state index < -0.39 is 29.6 Å². The molecule has 58 heavy (non-hydrogen) atoms. The summed E-state index contributed by atoms with van der Waals surface area (Å²) in [5.74, 6) is -0.418. The number of piperidine rings is 1. The molecule has 0 saturated carbocycles. The Hall–Kier alpha value is -5.62. The van der Waals surface area contributed by atoms with Gasteiger partial charge in [-0.2, -0.15) is 13.2 Å². The Morgan fingerprint density at radius 1 is 0.793 bits per heavy atom. The average molecular weight is 793 g/mol. The van der Waals surface area contributed by atoms with Gasteiger partial charge in [0.15, 0.2) is 0 Å². The summed E-state index contributed by atoms with van der Waals surface area (Å²) in [5, 5.41) is 12.9. The number of ether oxygens (including phenoxy) is 1. The number of nitrogens with one attached hydrogen (secondary N) is 1. The summed E-state index contributed by atoms with van der Waals surface area (Å²) in [6.07, 6.45) is 0.871. The molecular formula is C46H47F3N4O5. The predicted octanol–water partition coefficient (Wildman–Crippen LogP) is 8.03. The van der Waals surface area contributed by atoms with Crippen molar-refractivity contribution in [2.24, 2.45) is 0 Å². The fourth-order valence-electron chi connectivity index (χ4n) is 9.06. The molecule has 2 N–H and O–H groups in total. The number of hydrogen-bond acceptors (Lipinski definition) is 7. The second kappa shape index (κ2) is 16.3. The van der Waals surface area contributed by atoms with Gasteiger partial charge in [0.25, 0.3) is 11.8 Å². The van der Waals surface area contributed by atoms with Gasteiger partial charge in [-0.3, -0.25) is 24.2 Å². The number of imide groups is 1. The van der Waals surface area contributed by atoms with Crippen LogP contribution in [0.1, 0.15) is 98.9 Å². The molecule has 3 amide bonds. The Bertz CT molecular complexity index is 2220. The molecule has 3 aliphatic heterocycles. The molecule has 0 radical (unpaired) electrons. The van der Waals surface area contributed by atoms with Crippen LogP contribution in [0.5, 0.6) is 11.5 Å². The summed E-state index contributed by atoms with van der Waals surface area (Å²) in [4.78, 5) is 44.9. The normalized spacial score (nSPS) is 21.2. The van der Waals surface area contributed by atoms with E-state index in [-0.39, 0.29) is 23.5 Å². The first-order chi connectivity index (χ1) is 27.9. The van der Waals surface area contributed by atoms with Crippen molar-refractivity contribution in [3.05, 3.63) is 136 Å². The van der Waals surface area contributed by atoms with E-state index in [2.05, 4.69) is 21.7 Å². The van der Waals surface area contributed by atoms with E-state index >= 15 is 0 Å². The molecular weight excluding hydrogens is 746 g/mol. The van der Waals surface area contributed by atoms with Crippen molar-refractivity contribution < 1.29 is 37.4 Å². The highest BCUT2D eigenvalue weighted by atomic mass is 19.4. The molecule has 0 bridgehead atoms. The maximum absolute atomic E-state index is 13.4. The summed E-state index contributed by atoms with van der Waals surface area (Å²) in [5.41, 5.74) is 5.50. The molecule has 12 heteroatoms. The molecule has 8 rings (SSSR count). The second-order valence-corrected chi connectivity index (χ2v) is 15.8. The van der Waals surface area contributed by atoms with Gasteiger partial charge in [-0.25, -0.2) is 0 Å². The zero-order chi connectivity index (χ0) is 40.6. The molecule has 1 aliphatic carbocycles. The molecule has 4 aromatic carbocycles. The van der Waals surface area contributed by atoms with Gasteiger partial charge in [0, 0.05) is 43.5 Å². The van der Waals surface area contributed by atoms with E-state index in [4.69, 9.17) is 4.74 Å². The van der Waals surface area contributed by atoms with Crippen LogP contribution in [0.2, 0.25) is 0 Å². The summed E-state index contributed by atoms with van der Waals surface area (Å²) in [6.45, 7) is 8.66. The number of allylic oxidation sites excluding steroid dienone is 1. The van der Waals surface area contributed by atoms with Crippen LogP contribution in [0, 0.1) is 0 Å². The number of piperazine rings is 1. The number of hydrogen-bond donors (Lipinski definition) is 2. The molecule has 302 valence electrons. The summed E-state index contributed by atoms with van der Waals surface area (Å²) < 4.78 is 46.3. The topological polar surface area (TPSA) is 102 Å². The van der Waals surface area contributed by atoms with Gasteiger partial charge in [-0.15, -0.1) is 0 Å². The van der Waals surface area contributed by atoms with E-state index in [0.29, 0.717) is 36.3 Å². The van der Waals surface area contributed by atoms with Gasteiger partial charge < -0.3 is 20.1 Å². The van der Waals surface area contributed by atoms with E-state index in [1.165, 1.54) is 0 Å². The number of alkyl halides is 3. The van der Waals surface area contributed by atoms with Crippen LogP contribution in [-0.2, 0) is 17.4 Å². The first-order valence-electron chi connectivity index (χ1n) is 20.1. The lowest BCUT2D eigenvalue weighted by molar-refractivity contribution is -0.137. The zero-order valence-corrected chi connectivity index (χ0v) is 32.3. The lowest BCUT2D eigenvalue weighted by Gasteiger charge is -2.36. The van der Waals surface area contributed by atoms with Gasteiger partial charge in [-0.05, 0) is 134 Å². The first kappa shape index (κ1) is 39.2. The van der Waals surface area contributed by atoms with Gasteiger partial charge in [0.05, 0.1) is 23.3 Å². The average Bonchev–Trinajstić information content (AvgIpc) is 3.46. The third-order valence-corrected chi connectivity index (χ3v) is 12.1. The van der Waals surface area contributed by atoms with E-state index in [9.17, 15) is 32.7 Å². The minimum Gasteiger partial charge on any atom is -0.508 e. The van der Waals surface area contributed by atoms with Crippen molar-refractivity contribution in [2.75, 3.05) is 44.2 Å². The van der Waals surface area contributed by atoms with Crippen molar-refractivity contribution >= 4 is 23.4 Å². The first-order valence-corrected chi connectivity index (χ1v) is 20.1. The molecule has 1 unspecified atom stereocenters. The molecule has 9 nitrogen and oxygen atoms in total. The molecule has 4 aromatic rings. The van der Waals surface area contributed by atoms with Crippen LogP contribution in [0.15, 0.2) is 97.2 Å². The fraction of sp³-hybridized carbons (Fsp3) is 0.370. The number of rotatable bonds is 11. The summed E-state index contributed by atoms with van der Waals surface area (Å²) >= 11 is 0. The highest BCUT2D eigenvalue weighted by Gasteiger charge is 2.44. The number of phenols is 1. The third kappa shape index (κ3) is 8.07. The largest absolute Gasteiger partial charge is 0.508 e. The van der Waals surface area contributed by atoms with Crippen molar-refractivity contribution in [3.63, 3.8) is 0 Å². The van der Waals surface area contributed by atoms with Crippen LogP contribution >= 0.6 is 0 Å². The fourth-order valence-corrected chi connectivity index (χ4v) is 9.06. The lowest BCUT2D eigenvalue weighted by Crippen LogP contribution is -2.51. The number of fused-ring (bicyclic) bond motifs is 2. The number of carbonyl (C=O) groups excluding carboxylic acids is 3. The Morgan fingerprint density at radius 3 is 2.33 bits per heavy atom. The SMILES string of the molecule is C=C1CCC(N2C(=O)c3ccc(N4CCN(CCCCCOc5cccc([C@@H]6c7ccc(O)cc7CC[C@@H]6c6ccc(C(F)(F)F)cc6)c5)CC4)cc3C2=O)C(=O)N1. The third-order valence-electron chi connectivity index (χ3n) is 12.1. The zero-order valence-electron chi connectivity index (χ0n) is 32.3. The van der Waals surface area contributed by atoms with Crippen LogP contribution in [0.3, 0.4) is 0 Å².